The molecule has 0 saturated heterocycles. The number of para-hydroxylation sites is 1. The molecule has 0 amide bonds. The number of hydrogen-bond donors (Lipinski definition) is 3. The van der Waals surface area contributed by atoms with E-state index in [0.717, 1.165) is 11.3 Å². The highest BCUT2D eigenvalue weighted by atomic mass is 32.2. The molecule has 3 aromatic carbocycles. The Morgan fingerprint density at radius 1 is 1.05 bits per heavy atom. The number of halogens is 1. The Morgan fingerprint density at radius 2 is 1.83 bits per heavy atom. The lowest BCUT2D eigenvalue weighted by Gasteiger charge is -2.11. The van der Waals surface area contributed by atoms with Crippen LogP contribution < -0.4 is 4.74 Å². The number of nitrogens with zero attached hydrogens (tertiary/aromatic N) is 3. The van der Waals surface area contributed by atoms with E-state index in [4.69, 9.17) is 9.15 Å². The summed E-state index contributed by atoms with van der Waals surface area (Å²) in [5.41, 5.74) is 1.15. The van der Waals surface area contributed by atoms with Crippen molar-refractivity contribution in [1.29, 1.82) is 0 Å². The average molecular weight is 604 g/mol. The highest BCUT2D eigenvalue weighted by Crippen LogP contribution is 2.46. The molecule has 9 nitrogen and oxygen atoms in total. The van der Waals surface area contributed by atoms with Crippen LogP contribution in [0.4, 0.5) is 4.39 Å². The van der Waals surface area contributed by atoms with E-state index in [9.17, 15) is 24.5 Å². The Kier molecular flexibility index (Phi) is 7.31. The van der Waals surface area contributed by atoms with Crippen molar-refractivity contribution in [1.82, 2.24) is 14.8 Å². The molecule has 3 N–H and O–H groups in total. The van der Waals surface area contributed by atoms with Crippen LogP contribution in [0.3, 0.4) is 0 Å². The minimum atomic E-state index is -0.683. The fourth-order valence-corrected chi connectivity index (χ4v) is 6.31. The molecular weight excluding hydrogens is 581 g/mol. The first-order valence-electron chi connectivity index (χ1n) is 12.7. The third kappa shape index (κ3) is 4.95. The molecule has 6 rings (SSSR count). The number of phenolic OH excluding ortho intramolecular Hbond substituents is 1. The number of ether oxygens (including phenoxy) is 1. The van der Waals surface area contributed by atoms with Gasteiger partial charge in [-0.15, -0.1) is 10.2 Å². The molecule has 0 bridgehead atoms. The first-order chi connectivity index (χ1) is 20.4. The minimum absolute atomic E-state index is 0.0490. The van der Waals surface area contributed by atoms with E-state index in [1.54, 1.807) is 55.5 Å². The van der Waals surface area contributed by atoms with E-state index in [2.05, 4.69) is 10.2 Å². The van der Waals surface area contributed by atoms with Crippen LogP contribution in [-0.2, 0) is 5.75 Å². The number of phenols is 1. The molecule has 0 aliphatic heterocycles. The molecule has 0 unspecified atom stereocenters. The summed E-state index contributed by atoms with van der Waals surface area (Å²) in [6, 6.07) is 19.4. The second-order valence-electron chi connectivity index (χ2n) is 9.05. The predicted molar refractivity (Wildman–Crippen MR) is 156 cm³/mol. The molecule has 0 aliphatic carbocycles. The van der Waals surface area contributed by atoms with Crippen molar-refractivity contribution >= 4 is 39.9 Å². The van der Waals surface area contributed by atoms with Gasteiger partial charge in [-0.25, -0.2) is 4.39 Å². The second kappa shape index (κ2) is 11.2. The Hall–Kier alpha value is -4.81. The number of fused-ring (bicyclic) bond motifs is 1. The average Bonchev–Trinajstić information content (AvgIpc) is 3.70. The summed E-state index contributed by atoms with van der Waals surface area (Å²) in [5.74, 6) is -2.08. The SMILES string of the molecule is CCOc1cc(-c2c(C(=O)c3cc4ccccc4o3)c(O)c(O)n2-c2nnc(SCc3ccccc3F)s2)ccc1O. The number of aromatic hydroxyl groups is 3. The van der Waals surface area contributed by atoms with Crippen LogP contribution in [0.2, 0.25) is 0 Å². The van der Waals surface area contributed by atoms with Crippen LogP contribution in [0.5, 0.6) is 23.1 Å². The zero-order chi connectivity index (χ0) is 29.4. The largest absolute Gasteiger partial charge is 0.504 e. The van der Waals surface area contributed by atoms with Crippen molar-refractivity contribution in [2.45, 2.75) is 17.0 Å². The van der Waals surface area contributed by atoms with Crippen LogP contribution >= 0.6 is 23.1 Å². The summed E-state index contributed by atoms with van der Waals surface area (Å²) < 4.78 is 27.1. The summed E-state index contributed by atoms with van der Waals surface area (Å²) in [4.78, 5) is 13.9. The minimum Gasteiger partial charge on any atom is -0.504 e. The van der Waals surface area contributed by atoms with Crippen LogP contribution in [0.15, 0.2) is 81.6 Å². The van der Waals surface area contributed by atoms with E-state index in [1.165, 1.54) is 40.6 Å². The van der Waals surface area contributed by atoms with Gasteiger partial charge < -0.3 is 24.5 Å². The zero-order valence-corrected chi connectivity index (χ0v) is 23.6. The Labute approximate surface area is 246 Å². The summed E-state index contributed by atoms with van der Waals surface area (Å²) >= 11 is 2.33. The number of hydrogen-bond acceptors (Lipinski definition) is 10. The smallest absolute Gasteiger partial charge is 0.242 e. The molecule has 3 heterocycles. The number of ketones is 1. The molecule has 3 aromatic heterocycles. The van der Waals surface area contributed by atoms with Crippen molar-refractivity contribution in [2.24, 2.45) is 0 Å². The highest BCUT2D eigenvalue weighted by Gasteiger charge is 2.33. The third-order valence-corrected chi connectivity index (χ3v) is 8.52. The fourth-order valence-electron chi connectivity index (χ4n) is 4.48. The van der Waals surface area contributed by atoms with Gasteiger partial charge in [-0.1, -0.05) is 59.5 Å². The molecule has 0 radical (unpaired) electrons. The maximum Gasteiger partial charge on any atom is 0.242 e. The molecule has 12 heteroatoms. The highest BCUT2D eigenvalue weighted by molar-refractivity contribution is 8.00. The normalized spacial score (nSPS) is 11.3. The quantitative estimate of drug-likeness (QED) is 0.119. The maximum absolute atomic E-state index is 14.1. The van der Waals surface area contributed by atoms with Gasteiger partial charge in [-0.3, -0.25) is 9.36 Å². The van der Waals surface area contributed by atoms with Gasteiger partial charge in [0.2, 0.25) is 16.8 Å². The van der Waals surface area contributed by atoms with Gasteiger partial charge in [-0.05, 0) is 48.9 Å². The lowest BCUT2D eigenvalue weighted by atomic mass is 10.0. The van der Waals surface area contributed by atoms with E-state index in [0.29, 0.717) is 32.2 Å². The van der Waals surface area contributed by atoms with Crippen molar-refractivity contribution in [3.05, 3.63) is 95.5 Å². The van der Waals surface area contributed by atoms with Gasteiger partial charge in [0.05, 0.1) is 17.9 Å². The number of rotatable bonds is 9. The van der Waals surface area contributed by atoms with Gasteiger partial charge >= 0.3 is 0 Å². The van der Waals surface area contributed by atoms with Crippen molar-refractivity contribution in [2.75, 3.05) is 6.61 Å². The molecule has 212 valence electrons. The van der Waals surface area contributed by atoms with E-state index < -0.39 is 17.4 Å². The molecule has 6 aromatic rings. The van der Waals surface area contributed by atoms with Gasteiger partial charge in [0, 0.05) is 16.7 Å². The lowest BCUT2D eigenvalue weighted by molar-refractivity contribution is 0.101. The standard InChI is InChI=1S/C30H22FN3O6S2/c1-2-39-22-14-17(11-12-20(22)35)25-24(26(36)23-13-16-7-4-6-10-21(16)40-23)27(37)28(38)34(25)29-32-33-30(42-29)41-15-18-8-3-5-9-19(18)31/h3-14,35,37-38H,2,15H2,1H3. The molecular formula is C30H22FN3O6S2. The first kappa shape index (κ1) is 27.4. The van der Waals surface area contributed by atoms with Gasteiger partial charge in [-0.2, -0.15) is 0 Å². The lowest BCUT2D eigenvalue weighted by Crippen LogP contribution is -2.04. The monoisotopic (exact) mass is 603 g/mol. The first-order valence-corrected chi connectivity index (χ1v) is 14.5. The van der Waals surface area contributed by atoms with Crippen LogP contribution in [0, 0.1) is 5.82 Å². The maximum atomic E-state index is 14.1. The molecule has 0 atom stereocenters. The number of thioether (sulfide) groups is 1. The summed E-state index contributed by atoms with van der Waals surface area (Å²) in [5, 5.41) is 41.8. The Balaban J connectivity index is 1.48. The van der Waals surface area contributed by atoms with E-state index in [1.807, 2.05) is 0 Å². The van der Waals surface area contributed by atoms with E-state index >= 15 is 0 Å². The molecule has 0 aliphatic rings. The molecule has 0 spiro atoms. The summed E-state index contributed by atoms with van der Waals surface area (Å²) in [7, 11) is 0. The van der Waals surface area contributed by atoms with Crippen LogP contribution in [0.1, 0.15) is 28.6 Å². The van der Waals surface area contributed by atoms with Crippen molar-refractivity contribution in [3.63, 3.8) is 0 Å². The second-order valence-corrected chi connectivity index (χ2v) is 11.2. The number of carbonyl (C=O) groups is 1. The van der Waals surface area contributed by atoms with E-state index in [-0.39, 0.29) is 46.1 Å². The predicted octanol–water partition coefficient (Wildman–Crippen LogP) is 6.92. The molecule has 42 heavy (non-hydrogen) atoms. The number of aromatic nitrogens is 3. The number of furan rings is 1. The van der Waals surface area contributed by atoms with Crippen molar-refractivity contribution in [3.8, 4) is 39.5 Å². The number of benzene rings is 3. The van der Waals surface area contributed by atoms with Gasteiger partial charge in [0.1, 0.15) is 11.4 Å². The van der Waals surface area contributed by atoms with Crippen molar-refractivity contribution < 1.29 is 33.7 Å². The third-order valence-electron chi connectivity index (χ3n) is 6.43. The zero-order valence-electron chi connectivity index (χ0n) is 21.9. The summed E-state index contributed by atoms with van der Waals surface area (Å²) in [6.45, 7) is 2.02. The number of carbonyl (C=O) groups excluding carboxylic acids is 1. The molecule has 0 fully saturated rings. The fraction of sp³-hybridized carbons (Fsp3) is 0.100. The Bertz CT molecular complexity index is 1910. The molecule has 0 saturated carbocycles. The topological polar surface area (TPSA) is 131 Å². The Morgan fingerprint density at radius 3 is 2.62 bits per heavy atom. The van der Waals surface area contributed by atoms with Gasteiger partial charge in [0.25, 0.3) is 0 Å². The van der Waals surface area contributed by atoms with Gasteiger partial charge in [0.15, 0.2) is 27.3 Å². The summed E-state index contributed by atoms with van der Waals surface area (Å²) in [6.07, 6.45) is 0. The van der Waals surface area contributed by atoms with Crippen LogP contribution in [-0.4, -0.2) is 42.5 Å². The van der Waals surface area contributed by atoms with Crippen LogP contribution in [0.25, 0.3) is 27.4 Å².